The molecular formula is C27H32ClN7S. The van der Waals surface area contributed by atoms with Gasteiger partial charge < -0.3 is 20.4 Å². The number of benzene rings is 1. The molecule has 0 amide bonds. The number of likely N-dealkylation sites (N-methyl/N-ethyl adjacent to an activating group) is 1. The number of aryl methyl sites for hydroxylation is 1. The molecule has 2 aliphatic heterocycles. The third-order valence-corrected chi connectivity index (χ3v) is 7.53. The maximum Gasteiger partial charge on any atom is 0.227 e. The fourth-order valence-corrected chi connectivity index (χ4v) is 5.36. The number of hydrogen-bond acceptors (Lipinski definition) is 7. The molecule has 2 aliphatic rings. The number of rotatable bonds is 6. The van der Waals surface area contributed by atoms with Crippen LogP contribution in [0.1, 0.15) is 29.7 Å². The van der Waals surface area contributed by atoms with E-state index in [0.717, 1.165) is 58.4 Å². The molecule has 1 saturated heterocycles. The minimum atomic E-state index is 0.536. The van der Waals surface area contributed by atoms with E-state index in [0.29, 0.717) is 23.4 Å². The van der Waals surface area contributed by atoms with Crippen LogP contribution in [0, 0.1) is 6.92 Å². The van der Waals surface area contributed by atoms with Crippen LogP contribution in [-0.4, -0.2) is 69.5 Å². The Kier molecular flexibility index (Phi) is 7.48. The molecule has 9 heteroatoms. The van der Waals surface area contributed by atoms with Gasteiger partial charge in [-0.3, -0.25) is 4.98 Å². The van der Waals surface area contributed by atoms with E-state index in [9.17, 15) is 0 Å². The predicted molar refractivity (Wildman–Crippen MR) is 152 cm³/mol. The molecule has 188 valence electrons. The lowest BCUT2D eigenvalue weighted by Gasteiger charge is -2.36. The summed E-state index contributed by atoms with van der Waals surface area (Å²) in [6.45, 7) is 5.34. The summed E-state index contributed by atoms with van der Waals surface area (Å²) >= 11 is 11.7. The number of halogens is 1. The first-order valence-electron chi connectivity index (χ1n) is 12.4. The smallest absolute Gasteiger partial charge is 0.227 e. The number of likely N-dealkylation sites (tertiary alicyclic amines) is 1. The molecule has 4 heterocycles. The van der Waals surface area contributed by atoms with Gasteiger partial charge in [-0.1, -0.05) is 23.8 Å². The van der Waals surface area contributed by atoms with Crippen molar-refractivity contribution >= 4 is 46.1 Å². The topological polar surface area (TPSA) is 69.2 Å². The molecule has 0 aliphatic carbocycles. The summed E-state index contributed by atoms with van der Waals surface area (Å²) in [5.41, 5.74) is 6.72. The van der Waals surface area contributed by atoms with Gasteiger partial charge in [-0.25, -0.2) is 9.97 Å². The van der Waals surface area contributed by atoms with Crippen LogP contribution in [0.15, 0.2) is 36.7 Å². The van der Waals surface area contributed by atoms with E-state index in [-0.39, 0.29) is 0 Å². The van der Waals surface area contributed by atoms with Gasteiger partial charge in [0.2, 0.25) is 5.95 Å². The Labute approximate surface area is 223 Å². The monoisotopic (exact) mass is 521 g/mol. The first-order chi connectivity index (χ1) is 17.4. The third kappa shape index (κ3) is 5.67. The molecule has 2 aromatic heterocycles. The molecule has 2 N–H and O–H groups in total. The second kappa shape index (κ2) is 10.8. The number of pyridine rings is 1. The summed E-state index contributed by atoms with van der Waals surface area (Å²) in [6.07, 6.45) is 7.92. The van der Waals surface area contributed by atoms with Crippen LogP contribution >= 0.6 is 23.8 Å². The van der Waals surface area contributed by atoms with Crippen molar-refractivity contribution in [3.8, 4) is 11.3 Å². The molecule has 36 heavy (non-hydrogen) atoms. The highest BCUT2D eigenvalue weighted by molar-refractivity contribution is 7.80. The van der Waals surface area contributed by atoms with E-state index < -0.39 is 0 Å². The van der Waals surface area contributed by atoms with E-state index in [4.69, 9.17) is 28.8 Å². The summed E-state index contributed by atoms with van der Waals surface area (Å²) in [7, 11) is 4.36. The molecule has 0 spiro atoms. The number of anilines is 3. The highest BCUT2D eigenvalue weighted by Crippen LogP contribution is 2.35. The molecule has 0 saturated carbocycles. The van der Waals surface area contributed by atoms with Crippen LogP contribution in [0.25, 0.3) is 11.3 Å². The zero-order valence-corrected chi connectivity index (χ0v) is 22.6. The Morgan fingerprint density at radius 3 is 2.92 bits per heavy atom. The summed E-state index contributed by atoms with van der Waals surface area (Å²) in [6, 6.07) is 8.55. The van der Waals surface area contributed by atoms with Gasteiger partial charge in [-0.15, -0.1) is 0 Å². The summed E-state index contributed by atoms with van der Waals surface area (Å²) < 4.78 is 0. The van der Waals surface area contributed by atoms with Crippen LogP contribution in [0.4, 0.5) is 17.3 Å². The number of nitrogens with zero attached hydrogens (tertiary/aromatic N) is 5. The van der Waals surface area contributed by atoms with Crippen LogP contribution < -0.4 is 10.6 Å². The first-order valence-corrected chi connectivity index (χ1v) is 13.2. The molecule has 7 nitrogen and oxygen atoms in total. The molecule has 1 atom stereocenters. The zero-order chi connectivity index (χ0) is 25.2. The minimum absolute atomic E-state index is 0.536. The number of thiocarbonyl (C=S) groups is 1. The maximum absolute atomic E-state index is 6.23. The molecule has 3 aromatic rings. The van der Waals surface area contributed by atoms with Gasteiger partial charge in [0.25, 0.3) is 0 Å². The van der Waals surface area contributed by atoms with Crippen LogP contribution in [0.3, 0.4) is 0 Å². The van der Waals surface area contributed by atoms with Crippen molar-refractivity contribution in [2.24, 2.45) is 0 Å². The highest BCUT2D eigenvalue weighted by Gasteiger charge is 2.22. The Balaban J connectivity index is 1.34. The lowest BCUT2D eigenvalue weighted by atomic mass is 10.0. The van der Waals surface area contributed by atoms with E-state index in [1.54, 1.807) is 0 Å². The Morgan fingerprint density at radius 2 is 2.08 bits per heavy atom. The van der Waals surface area contributed by atoms with Gasteiger partial charge in [0.05, 0.1) is 22.1 Å². The number of piperidine rings is 1. The molecule has 0 radical (unpaired) electrons. The zero-order valence-electron chi connectivity index (χ0n) is 21.0. The molecule has 0 bridgehead atoms. The van der Waals surface area contributed by atoms with Crippen molar-refractivity contribution in [3.63, 3.8) is 0 Å². The van der Waals surface area contributed by atoms with Gasteiger partial charge in [-0.2, -0.15) is 0 Å². The maximum atomic E-state index is 6.23. The minimum Gasteiger partial charge on any atom is -0.349 e. The fourth-order valence-electron chi connectivity index (χ4n) is 4.93. The lowest BCUT2D eigenvalue weighted by molar-refractivity contribution is 0.134. The van der Waals surface area contributed by atoms with E-state index in [1.165, 1.54) is 24.9 Å². The highest BCUT2D eigenvalue weighted by atomic mass is 35.5. The SMILES string of the molecule is Cc1ncc(CCN2CCCC(N(C)C)C2)cc1Nc1ncc2c(n1)-c1ccc(Cl)cc1NC(=S)C2. The Bertz CT molecular complexity index is 1280. The molecule has 1 aromatic carbocycles. The van der Waals surface area contributed by atoms with Gasteiger partial charge in [-0.05, 0) is 76.7 Å². The number of aromatic nitrogens is 3. The number of hydrogen-bond donors (Lipinski definition) is 2. The van der Waals surface area contributed by atoms with E-state index >= 15 is 0 Å². The van der Waals surface area contributed by atoms with Gasteiger partial charge >= 0.3 is 0 Å². The summed E-state index contributed by atoms with van der Waals surface area (Å²) in [5, 5.41) is 7.35. The normalized spacial score (nSPS) is 17.8. The van der Waals surface area contributed by atoms with Gasteiger partial charge in [0.1, 0.15) is 0 Å². The fraction of sp³-hybridized carbons (Fsp3) is 0.407. The Hall–Kier alpha value is -2.65. The second-order valence-electron chi connectivity index (χ2n) is 9.89. The van der Waals surface area contributed by atoms with Crippen molar-refractivity contribution in [1.82, 2.24) is 24.8 Å². The van der Waals surface area contributed by atoms with Gasteiger partial charge in [0, 0.05) is 59.8 Å². The average molecular weight is 522 g/mol. The lowest BCUT2D eigenvalue weighted by Crippen LogP contribution is -2.45. The van der Waals surface area contributed by atoms with Crippen LogP contribution in [0.5, 0.6) is 0 Å². The second-order valence-corrected chi connectivity index (χ2v) is 10.8. The molecule has 5 rings (SSSR count). The largest absolute Gasteiger partial charge is 0.349 e. The molecule has 1 unspecified atom stereocenters. The summed E-state index contributed by atoms with van der Waals surface area (Å²) in [5.74, 6) is 0.536. The van der Waals surface area contributed by atoms with Crippen molar-refractivity contribution < 1.29 is 0 Å². The van der Waals surface area contributed by atoms with Crippen LogP contribution in [-0.2, 0) is 12.8 Å². The van der Waals surface area contributed by atoms with Crippen molar-refractivity contribution in [1.29, 1.82) is 0 Å². The van der Waals surface area contributed by atoms with Crippen LogP contribution in [0.2, 0.25) is 5.02 Å². The van der Waals surface area contributed by atoms with Crippen molar-refractivity contribution in [3.05, 3.63) is 58.5 Å². The summed E-state index contributed by atoms with van der Waals surface area (Å²) in [4.78, 5) is 19.8. The number of fused-ring (bicyclic) bond motifs is 3. The number of nitrogens with one attached hydrogen (secondary N) is 2. The standard InChI is InChI=1S/C27H32ClN7S/c1-17-23(11-18(14-29-17)8-10-35-9-4-5-21(16-35)34(2)3)32-27-30-15-19-12-25(36)31-24-13-20(28)6-7-22(24)26(19)33-27/h6-7,11,13-15,21H,4-5,8-10,12,16H2,1-3H3,(H,31,36)(H,30,32,33). The molecular weight excluding hydrogens is 490 g/mol. The van der Waals surface area contributed by atoms with E-state index in [1.807, 2.05) is 37.5 Å². The quantitative estimate of drug-likeness (QED) is 0.434. The molecule has 1 fully saturated rings. The van der Waals surface area contributed by atoms with Crippen molar-refractivity contribution in [2.75, 3.05) is 44.4 Å². The predicted octanol–water partition coefficient (Wildman–Crippen LogP) is 5.11. The average Bonchev–Trinajstić information content (AvgIpc) is 2.99. The van der Waals surface area contributed by atoms with Gasteiger partial charge in [0.15, 0.2) is 0 Å². The first kappa shape index (κ1) is 25.0. The Morgan fingerprint density at radius 1 is 1.22 bits per heavy atom. The van der Waals surface area contributed by atoms with E-state index in [2.05, 4.69) is 50.6 Å². The van der Waals surface area contributed by atoms with Crippen molar-refractivity contribution in [2.45, 2.75) is 38.6 Å². The third-order valence-electron chi connectivity index (χ3n) is 7.04.